The lowest BCUT2D eigenvalue weighted by Crippen LogP contribution is -2.55. The average Bonchev–Trinajstić information content (AvgIpc) is 3.63. The lowest BCUT2D eigenvalue weighted by atomic mass is 9.97. The first-order chi connectivity index (χ1) is 19.7. The number of hydrogen-bond donors (Lipinski definition) is 1. The molecule has 1 unspecified atom stereocenters. The van der Waals surface area contributed by atoms with Crippen LogP contribution in [0, 0.1) is 5.92 Å². The van der Waals surface area contributed by atoms with Gasteiger partial charge >= 0.3 is 10.3 Å². The standard InChI is InChI=1S/C29H33N5O6S/c1-31-24-12-19-8-9-32(16-21-17-40-11-10-34(21)41(36,37)38)29(35)22(19)14-23(24)30-28(31)25-13-20-4-3-5-26(39-2)27(20)33(25)15-18-6-7-18/h3-5,12-14,18,21H,6-11,15-17H2,1-2H3,(H,36,37,38). The number of amides is 1. The van der Waals surface area contributed by atoms with Gasteiger partial charge in [-0.15, -0.1) is 0 Å². The van der Waals surface area contributed by atoms with Crippen molar-refractivity contribution in [3.63, 3.8) is 0 Å². The molecule has 216 valence electrons. The van der Waals surface area contributed by atoms with Gasteiger partial charge in [0.15, 0.2) is 5.82 Å². The molecule has 1 saturated carbocycles. The minimum atomic E-state index is -4.39. The first-order valence-corrected chi connectivity index (χ1v) is 15.4. The summed E-state index contributed by atoms with van der Waals surface area (Å²) in [7, 11) is -0.680. The van der Waals surface area contributed by atoms with Gasteiger partial charge < -0.3 is 23.5 Å². The maximum absolute atomic E-state index is 13.6. The third kappa shape index (κ3) is 4.58. The zero-order valence-corrected chi connectivity index (χ0v) is 23.9. The summed E-state index contributed by atoms with van der Waals surface area (Å²) in [5.41, 5.74) is 5.28. The summed E-state index contributed by atoms with van der Waals surface area (Å²) >= 11 is 0. The maximum Gasteiger partial charge on any atom is 0.336 e. The smallest absolute Gasteiger partial charge is 0.336 e. The van der Waals surface area contributed by atoms with Crippen molar-refractivity contribution in [3.8, 4) is 17.3 Å². The van der Waals surface area contributed by atoms with Crippen molar-refractivity contribution in [3.05, 3.63) is 47.5 Å². The molecule has 4 aromatic rings. The third-order valence-electron chi connectivity index (χ3n) is 8.65. The number of nitrogens with zero attached hydrogens (tertiary/aromatic N) is 5. The molecular weight excluding hydrogens is 546 g/mol. The Morgan fingerprint density at radius 1 is 1.15 bits per heavy atom. The van der Waals surface area contributed by atoms with E-state index in [2.05, 4.69) is 27.3 Å². The molecule has 3 aliphatic rings. The Balaban J connectivity index is 1.25. The highest BCUT2D eigenvalue weighted by Gasteiger charge is 2.36. The van der Waals surface area contributed by atoms with Crippen LogP contribution >= 0.6 is 0 Å². The van der Waals surface area contributed by atoms with Crippen LogP contribution in [-0.2, 0) is 35.1 Å². The molecule has 1 N–H and O–H groups in total. The molecule has 11 nitrogen and oxygen atoms in total. The van der Waals surface area contributed by atoms with Crippen molar-refractivity contribution >= 4 is 38.1 Å². The van der Waals surface area contributed by atoms with Gasteiger partial charge in [-0.1, -0.05) is 12.1 Å². The van der Waals surface area contributed by atoms with E-state index in [1.165, 1.54) is 12.8 Å². The summed E-state index contributed by atoms with van der Waals surface area (Å²) in [6.45, 7) is 1.89. The van der Waals surface area contributed by atoms with Crippen LogP contribution in [-0.4, -0.2) is 88.2 Å². The number of hydrogen-bond acceptors (Lipinski definition) is 6. The summed E-state index contributed by atoms with van der Waals surface area (Å²) in [6.07, 6.45) is 3.07. The minimum absolute atomic E-state index is 0.0583. The van der Waals surface area contributed by atoms with Gasteiger partial charge in [0.2, 0.25) is 0 Å². The van der Waals surface area contributed by atoms with E-state index in [0.717, 1.165) is 55.6 Å². The van der Waals surface area contributed by atoms with E-state index in [9.17, 15) is 17.8 Å². The molecular formula is C29H33N5O6S. The topological polar surface area (TPSA) is 119 Å². The molecule has 7 rings (SSSR count). The second kappa shape index (κ2) is 9.83. The first-order valence-electron chi connectivity index (χ1n) is 14.0. The fourth-order valence-corrected chi connectivity index (χ4v) is 7.16. The first kappa shape index (κ1) is 26.4. The fraction of sp³-hybridized carbons (Fsp3) is 0.448. The number of methoxy groups -OCH3 is 1. The number of para-hydroxylation sites is 1. The van der Waals surface area contributed by atoms with Crippen molar-refractivity contribution in [2.24, 2.45) is 13.0 Å². The highest BCUT2D eigenvalue weighted by atomic mass is 32.2. The zero-order valence-electron chi connectivity index (χ0n) is 23.1. The molecule has 0 radical (unpaired) electrons. The van der Waals surface area contributed by atoms with Gasteiger partial charge in [0, 0.05) is 44.2 Å². The predicted octanol–water partition coefficient (Wildman–Crippen LogP) is 3.12. The van der Waals surface area contributed by atoms with Crippen LogP contribution in [0.25, 0.3) is 33.5 Å². The minimum Gasteiger partial charge on any atom is -0.495 e. The van der Waals surface area contributed by atoms with Crippen molar-refractivity contribution < 1.29 is 27.2 Å². The Labute approximate surface area is 238 Å². The number of carbonyl (C=O) groups excluding carboxylic acids is 1. The number of benzene rings is 2. The number of fused-ring (bicyclic) bond motifs is 3. The normalized spacial score (nSPS) is 20.2. The molecule has 1 aliphatic carbocycles. The monoisotopic (exact) mass is 579 g/mol. The zero-order chi connectivity index (χ0) is 28.5. The van der Waals surface area contributed by atoms with E-state index >= 15 is 0 Å². The van der Waals surface area contributed by atoms with Gasteiger partial charge in [0.25, 0.3) is 5.91 Å². The molecule has 1 amide bonds. The summed E-state index contributed by atoms with van der Waals surface area (Å²) in [5.74, 6) is 2.14. The van der Waals surface area contributed by atoms with Gasteiger partial charge in [-0.3, -0.25) is 9.35 Å². The molecule has 4 heterocycles. The summed E-state index contributed by atoms with van der Waals surface area (Å²) in [6, 6.07) is 11.5. The van der Waals surface area contributed by atoms with Gasteiger partial charge in [0.1, 0.15) is 5.75 Å². The highest BCUT2D eigenvalue weighted by molar-refractivity contribution is 7.83. The van der Waals surface area contributed by atoms with Crippen molar-refractivity contribution in [1.29, 1.82) is 0 Å². The van der Waals surface area contributed by atoms with Gasteiger partial charge in [-0.2, -0.15) is 12.7 Å². The van der Waals surface area contributed by atoms with Gasteiger partial charge in [-0.05, 0) is 55.0 Å². The molecule has 1 atom stereocenters. The second-order valence-electron chi connectivity index (χ2n) is 11.3. The lowest BCUT2D eigenvalue weighted by molar-refractivity contribution is 0.0142. The highest BCUT2D eigenvalue weighted by Crippen LogP contribution is 2.39. The lowest BCUT2D eigenvalue weighted by Gasteiger charge is -2.37. The van der Waals surface area contributed by atoms with Crippen LogP contribution in [0.3, 0.4) is 0 Å². The molecule has 0 bridgehead atoms. The van der Waals surface area contributed by atoms with Crippen molar-refractivity contribution in [1.82, 2.24) is 23.3 Å². The number of rotatable bonds is 7. The summed E-state index contributed by atoms with van der Waals surface area (Å²) in [5, 5.41) is 1.10. The van der Waals surface area contributed by atoms with Crippen LogP contribution < -0.4 is 4.74 Å². The largest absolute Gasteiger partial charge is 0.495 e. The van der Waals surface area contributed by atoms with E-state index in [1.54, 1.807) is 12.0 Å². The molecule has 2 aliphatic heterocycles. The Morgan fingerprint density at radius 2 is 1.98 bits per heavy atom. The van der Waals surface area contributed by atoms with E-state index in [1.807, 2.05) is 25.2 Å². The fourth-order valence-electron chi connectivity index (χ4n) is 6.35. The molecule has 2 aromatic heterocycles. The Kier molecular flexibility index (Phi) is 6.34. The Bertz CT molecular complexity index is 1790. The molecule has 1 saturated heterocycles. The SMILES string of the molecule is COc1cccc2cc(-c3nc4cc5c(cc4n3C)CCN(CC3COCCN3S(=O)(=O)O)C5=O)n(CC3CC3)c12. The number of imidazole rings is 1. The number of morpholine rings is 1. The quantitative estimate of drug-likeness (QED) is 0.334. The molecule has 2 fully saturated rings. The molecule has 0 spiro atoms. The Morgan fingerprint density at radius 3 is 2.73 bits per heavy atom. The summed E-state index contributed by atoms with van der Waals surface area (Å²) in [4.78, 5) is 20.3. The third-order valence-corrected chi connectivity index (χ3v) is 9.72. The average molecular weight is 580 g/mol. The van der Waals surface area contributed by atoms with Crippen LogP contribution in [0.15, 0.2) is 36.4 Å². The van der Waals surface area contributed by atoms with E-state index in [-0.39, 0.29) is 32.2 Å². The van der Waals surface area contributed by atoms with Crippen LogP contribution in [0.4, 0.5) is 0 Å². The number of aryl methyl sites for hydroxylation is 1. The number of carbonyl (C=O) groups is 1. The van der Waals surface area contributed by atoms with Gasteiger partial charge in [-0.25, -0.2) is 4.98 Å². The van der Waals surface area contributed by atoms with Crippen LogP contribution in [0.1, 0.15) is 28.8 Å². The predicted molar refractivity (Wildman–Crippen MR) is 153 cm³/mol. The molecule has 12 heteroatoms. The van der Waals surface area contributed by atoms with Gasteiger partial charge in [0.05, 0.1) is 48.6 Å². The number of ether oxygens (including phenoxy) is 2. The molecule has 2 aromatic carbocycles. The molecule has 41 heavy (non-hydrogen) atoms. The van der Waals surface area contributed by atoms with E-state index < -0.39 is 16.3 Å². The summed E-state index contributed by atoms with van der Waals surface area (Å²) < 4.78 is 50.1. The van der Waals surface area contributed by atoms with Crippen LogP contribution in [0.2, 0.25) is 0 Å². The second-order valence-corrected chi connectivity index (χ2v) is 12.7. The van der Waals surface area contributed by atoms with E-state index in [4.69, 9.17) is 14.5 Å². The Hall–Kier alpha value is -3.45. The van der Waals surface area contributed by atoms with Crippen molar-refractivity contribution in [2.75, 3.05) is 40.0 Å². The van der Waals surface area contributed by atoms with Crippen molar-refractivity contribution in [2.45, 2.75) is 31.8 Å². The maximum atomic E-state index is 13.6. The number of aromatic nitrogens is 3. The van der Waals surface area contributed by atoms with Crippen LogP contribution in [0.5, 0.6) is 5.75 Å². The van der Waals surface area contributed by atoms with E-state index in [0.29, 0.717) is 24.4 Å².